The van der Waals surface area contributed by atoms with Gasteiger partial charge in [0, 0.05) is 31.5 Å². The van der Waals surface area contributed by atoms with Crippen LogP contribution in [0.15, 0.2) is 24.5 Å². The molecule has 4 rings (SSSR count). The second-order valence-corrected chi connectivity index (χ2v) is 6.14. The molecule has 1 saturated carbocycles. The molecule has 0 unspecified atom stereocenters. The molecule has 0 bridgehead atoms. The van der Waals surface area contributed by atoms with Crippen LogP contribution in [0.5, 0.6) is 0 Å². The van der Waals surface area contributed by atoms with Gasteiger partial charge in [0.1, 0.15) is 11.9 Å². The zero-order chi connectivity index (χ0) is 15.6. The maximum absolute atomic E-state index is 8.69. The standard InChI is InChI=1S/C16H17N7/c17-5-13-7-20-15(8-18-13)19-6-11-9-23(10-11)16-4-3-14(21-22-16)12-1-2-12/h3-4,7-8,11-12H,1-2,6,9-10H2,(H,19,20). The number of anilines is 2. The van der Waals surface area contributed by atoms with Gasteiger partial charge in [0.15, 0.2) is 11.5 Å². The van der Waals surface area contributed by atoms with Gasteiger partial charge in [0.2, 0.25) is 0 Å². The Balaban J connectivity index is 1.25. The van der Waals surface area contributed by atoms with E-state index in [0.717, 1.165) is 31.1 Å². The van der Waals surface area contributed by atoms with Crippen LogP contribution >= 0.6 is 0 Å². The molecule has 7 heteroatoms. The average Bonchev–Trinajstić information content (AvgIpc) is 3.39. The highest BCUT2D eigenvalue weighted by Gasteiger charge is 2.29. The zero-order valence-electron chi connectivity index (χ0n) is 12.7. The van der Waals surface area contributed by atoms with Crippen molar-refractivity contribution in [2.24, 2.45) is 5.92 Å². The molecule has 2 aromatic rings. The molecule has 3 heterocycles. The van der Waals surface area contributed by atoms with Crippen LogP contribution in [0.25, 0.3) is 0 Å². The van der Waals surface area contributed by atoms with E-state index in [1.165, 1.54) is 19.0 Å². The van der Waals surface area contributed by atoms with Gasteiger partial charge >= 0.3 is 0 Å². The maximum atomic E-state index is 8.69. The van der Waals surface area contributed by atoms with Crippen LogP contribution in [0.2, 0.25) is 0 Å². The Morgan fingerprint density at radius 3 is 2.65 bits per heavy atom. The van der Waals surface area contributed by atoms with E-state index in [1.807, 2.05) is 6.07 Å². The number of rotatable bonds is 5. The molecule has 0 atom stereocenters. The summed E-state index contributed by atoms with van der Waals surface area (Å²) in [6, 6.07) is 6.15. The Morgan fingerprint density at radius 2 is 2.04 bits per heavy atom. The van der Waals surface area contributed by atoms with Crippen LogP contribution in [-0.2, 0) is 0 Å². The van der Waals surface area contributed by atoms with Gasteiger partial charge in [-0.25, -0.2) is 9.97 Å². The Morgan fingerprint density at radius 1 is 1.17 bits per heavy atom. The molecule has 1 aliphatic carbocycles. The maximum Gasteiger partial charge on any atom is 0.158 e. The number of nitriles is 1. The van der Waals surface area contributed by atoms with Crippen LogP contribution in [0.4, 0.5) is 11.6 Å². The number of aromatic nitrogens is 4. The smallest absolute Gasteiger partial charge is 0.158 e. The van der Waals surface area contributed by atoms with Gasteiger partial charge in [-0.15, -0.1) is 5.10 Å². The lowest BCUT2D eigenvalue weighted by Gasteiger charge is -2.40. The van der Waals surface area contributed by atoms with Crippen molar-refractivity contribution in [3.63, 3.8) is 0 Å². The number of nitrogens with zero attached hydrogens (tertiary/aromatic N) is 6. The predicted molar refractivity (Wildman–Crippen MR) is 84.9 cm³/mol. The van der Waals surface area contributed by atoms with Crippen LogP contribution in [0.1, 0.15) is 30.1 Å². The lowest BCUT2D eigenvalue weighted by Crippen LogP contribution is -2.50. The Bertz CT molecular complexity index is 710. The molecular weight excluding hydrogens is 290 g/mol. The molecule has 0 aromatic carbocycles. The molecule has 2 aliphatic rings. The lowest BCUT2D eigenvalue weighted by molar-refractivity contribution is 0.425. The molecule has 116 valence electrons. The Kier molecular flexibility index (Phi) is 3.50. The van der Waals surface area contributed by atoms with Crippen molar-refractivity contribution in [1.29, 1.82) is 5.26 Å². The molecule has 23 heavy (non-hydrogen) atoms. The van der Waals surface area contributed by atoms with E-state index in [2.05, 4.69) is 42.5 Å². The van der Waals surface area contributed by atoms with Crippen molar-refractivity contribution in [1.82, 2.24) is 20.2 Å². The van der Waals surface area contributed by atoms with E-state index < -0.39 is 0 Å². The molecular formula is C16H17N7. The first-order valence-corrected chi connectivity index (χ1v) is 7.86. The van der Waals surface area contributed by atoms with E-state index in [1.54, 1.807) is 6.20 Å². The quantitative estimate of drug-likeness (QED) is 0.896. The molecule has 2 fully saturated rings. The first-order valence-electron chi connectivity index (χ1n) is 7.86. The molecule has 7 nitrogen and oxygen atoms in total. The van der Waals surface area contributed by atoms with Crippen molar-refractivity contribution in [3.8, 4) is 6.07 Å². The first kappa shape index (κ1) is 13.9. The minimum Gasteiger partial charge on any atom is -0.368 e. The third kappa shape index (κ3) is 3.06. The summed E-state index contributed by atoms with van der Waals surface area (Å²) >= 11 is 0. The minimum absolute atomic E-state index is 0.332. The minimum atomic E-state index is 0.332. The third-order valence-electron chi connectivity index (χ3n) is 4.29. The summed E-state index contributed by atoms with van der Waals surface area (Å²) in [4.78, 5) is 10.4. The van der Waals surface area contributed by atoms with Gasteiger partial charge in [0.25, 0.3) is 0 Å². The number of nitrogens with one attached hydrogen (secondary N) is 1. The predicted octanol–water partition coefficient (Wildman–Crippen LogP) is 1.56. The molecule has 1 saturated heterocycles. The van der Waals surface area contributed by atoms with Gasteiger partial charge < -0.3 is 10.2 Å². The van der Waals surface area contributed by atoms with Gasteiger partial charge in [-0.05, 0) is 25.0 Å². The van der Waals surface area contributed by atoms with Gasteiger partial charge in [-0.3, -0.25) is 0 Å². The second-order valence-electron chi connectivity index (χ2n) is 6.14. The molecule has 1 aliphatic heterocycles. The highest BCUT2D eigenvalue weighted by Crippen LogP contribution is 2.38. The van der Waals surface area contributed by atoms with Crippen molar-refractivity contribution in [2.75, 3.05) is 29.9 Å². The van der Waals surface area contributed by atoms with Crippen molar-refractivity contribution < 1.29 is 0 Å². The lowest BCUT2D eigenvalue weighted by atomic mass is 10.0. The van der Waals surface area contributed by atoms with Crippen LogP contribution in [-0.4, -0.2) is 39.8 Å². The molecule has 1 N–H and O–H groups in total. The van der Waals surface area contributed by atoms with Gasteiger partial charge in [-0.1, -0.05) is 0 Å². The van der Waals surface area contributed by atoms with E-state index in [-0.39, 0.29) is 0 Å². The van der Waals surface area contributed by atoms with Crippen molar-refractivity contribution in [3.05, 3.63) is 35.9 Å². The summed E-state index contributed by atoms with van der Waals surface area (Å²) in [5, 5.41) is 20.6. The highest BCUT2D eigenvalue weighted by molar-refractivity contribution is 5.42. The van der Waals surface area contributed by atoms with Crippen molar-refractivity contribution in [2.45, 2.75) is 18.8 Å². The van der Waals surface area contributed by atoms with E-state index >= 15 is 0 Å². The third-order valence-corrected chi connectivity index (χ3v) is 4.29. The summed E-state index contributed by atoms with van der Waals surface area (Å²) in [6.45, 7) is 2.77. The largest absolute Gasteiger partial charge is 0.368 e. The summed E-state index contributed by atoms with van der Waals surface area (Å²) in [6.07, 6.45) is 5.58. The van der Waals surface area contributed by atoms with Crippen molar-refractivity contribution >= 4 is 11.6 Å². The summed E-state index contributed by atoms with van der Waals surface area (Å²) < 4.78 is 0. The Labute approximate surface area is 134 Å². The summed E-state index contributed by atoms with van der Waals surface area (Å²) in [5.74, 6) is 2.87. The van der Waals surface area contributed by atoms with Crippen LogP contribution in [0.3, 0.4) is 0 Å². The van der Waals surface area contributed by atoms with Crippen LogP contribution in [0, 0.1) is 17.2 Å². The monoisotopic (exact) mass is 307 g/mol. The first-order chi connectivity index (χ1) is 11.3. The number of hydrogen-bond acceptors (Lipinski definition) is 7. The number of hydrogen-bond donors (Lipinski definition) is 1. The van der Waals surface area contributed by atoms with E-state index in [0.29, 0.717) is 23.3 Å². The SMILES string of the molecule is N#Cc1cnc(NCC2CN(c3ccc(C4CC4)nn3)C2)cn1. The normalized spacial score (nSPS) is 17.4. The fourth-order valence-electron chi connectivity index (χ4n) is 2.71. The fourth-order valence-corrected chi connectivity index (χ4v) is 2.71. The summed E-state index contributed by atoms with van der Waals surface area (Å²) in [7, 11) is 0. The second kappa shape index (κ2) is 5.80. The molecule has 2 aromatic heterocycles. The topological polar surface area (TPSA) is 90.6 Å². The molecule has 0 radical (unpaired) electrons. The van der Waals surface area contributed by atoms with Gasteiger partial charge in [0.05, 0.1) is 18.1 Å². The summed E-state index contributed by atoms with van der Waals surface area (Å²) in [5.41, 5.74) is 1.46. The fraction of sp³-hybridized carbons (Fsp3) is 0.438. The molecule has 0 amide bonds. The van der Waals surface area contributed by atoms with E-state index in [9.17, 15) is 0 Å². The van der Waals surface area contributed by atoms with Crippen LogP contribution < -0.4 is 10.2 Å². The zero-order valence-corrected chi connectivity index (χ0v) is 12.7. The highest BCUT2D eigenvalue weighted by atomic mass is 15.3. The van der Waals surface area contributed by atoms with E-state index in [4.69, 9.17) is 5.26 Å². The van der Waals surface area contributed by atoms with Gasteiger partial charge in [-0.2, -0.15) is 10.4 Å². The Hall–Kier alpha value is -2.75. The average molecular weight is 307 g/mol. The molecule has 0 spiro atoms.